The Balaban J connectivity index is 1.66. The minimum atomic E-state index is -3.70. The number of halogens is 2. The van der Waals surface area contributed by atoms with E-state index < -0.39 is 16.1 Å². The van der Waals surface area contributed by atoms with Crippen LogP contribution in [0.5, 0.6) is 0 Å². The van der Waals surface area contributed by atoms with Crippen LogP contribution in [0.25, 0.3) is 11.4 Å². The van der Waals surface area contributed by atoms with Gasteiger partial charge in [-0.2, -0.15) is 9.29 Å². The van der Waals surface area contributed by atoms with Gasteiger partial charge in [-0.05, 0) is 49.2 Å². The molecule has 0 radical (unpaired) electrons. The molecular formula is C18H15Cl2N3O3S. The van der Waals surface area contributed by atoms with Crippen molar-refractivity contribution >= 4 is 33.2 Å². The van der Waals surface area contributed by atoms with E-state index in [2.05, 4.69) is 10.1 Å². The van der Waals surface area contributed by atoms with Gasteiger partial charge in [0.2, 0.25) is 21.7 Å². The lowest BCUT2D eigenvalue weighted by Crippen LogP contribution is -2.30. The second-order valence-corrected chi connectivity index (χ2v) is 8.90. The Bertz CT molecular complexity index is 1070. The summed E-state index contributed by atoms with van der Waals surface area (Å²) in [5.74, 6) is 0.603. The molecule has 0 bridgehead atoms. The predicted octanol–water partition coefficient (Wildman–Crippen LogP) is 4.57. The minimum Gasteiger partial charge on any atom is -0.337 e. The molecule has 140 valence electrons. The zero-order chi connectivity index (χ0) is 19.0. The van der Waals surface area contributed by atoms with Crippen LogP contribution < -0.4 is 0 Å². The molecule has 0 amide bonds. The van der Waals surface area contributed by atoms with E-state index in [1.54, 1.807) is 24.3 Å². The minimum absolute atomic E-state index is 0.185. The summed E-state index contributed by atoms with van der Waals surface area (Å²) in [6.45, 7) is 0.388. The van der Waals surface area contributed by atoms with Gasteiger partial charge in [0, 0.05) is 17.1 Å². The maximum Gasteiger partial charge on any atom is 0.245 e. The van der Waals surface area contributed by atoms with Gasteiger partial charge in [0.15, 0.2) is 0 Å². The fourth-order valence-electron chi connectivity index (χ4n) is 3.14. The van der Waals surface area contributed by atoms with Crippen molar-refractivity contribution in [3.8, 4) is 11.4 Å². The smallest absolute Gasteiger partial charge is 0.245 e. The molecule has 27 heavy (non-hydrogen) atoms. The lowest BCUT2D eigenvalue weighted by Gasteiger charge is -2.21. The largest absolute Gasteiger partial charge is 0.337 e. The molecule has 1 atom stereocenters. The molecule has 0 saturated carbocycles. The number of sulfonamides is 1. The fraction of sp³-hybridized carbons (Fsp3) is 0.222. The van der Waals surface area contributed by atoms with E-state index in [-0.39, 0.29) is 10.8 Å². The highest BCUT2D eigenvalue weighted by Gasteiger charge is 2.39. The Morgan fingerprint density at radius 3 is 2.56 bits per heavy atom. The maximum atomic E-state index is 13.0. The molecule has 1 fully saturated rings. The molecule has 6 nitrogen and oxygen atoms in total. The number of nitrogens with zero attached hydrogens (tertiary/aromatic N) is 3. The van der Waals surface area contributed by atoms with Gasteiger partial charge in [-0.1, -0.05) is 40.5 Å². The Morgan fingerprint density at radius 2 is 1.81 bits per heavy atom. The molecular weight excluding hydrogens is 409 g/mol. The highest BCUT2D eigenvalue weighted by molar-refractivity contribution is 7.89. The first-order chi connectivity index (χ1) is 13.0. The molecule has 2 aromatic carbocycles. The Labute approximate surface area is 166 Å². The quantitative estimate of drug-likeness (QED) is 0.613. The summed E-state index contributed by atoms with van der Waals surface area (Å²) in [7, 11) is -3.70. The third kappa shape index (κ3) is 3.48. The van der Waals surface area contributed by atoms with E-state index in [0.717, 1.165) is 0 Å². The zero-order valence-corrected chi connectivity index (χ0v) is 16.4. The molecule has 4 rings (SSSR count). The van der Waals surface area contributed by atoms with Gasteiger partial charge in [-0.3, -0.25) is 0 Å². The highest BCUT2D eigenvalue weighted by Crippen LogP contribution is 2.37. The van der Waals surface area contributed by atoms with Crippen LogP contribution in [0.4, 0.5) is 0 Å². The van der Waals surface area contributed by atoms with Crippen LogP contribution in [0.15, 0.2) is 57.9 Å². The molecule has 2 heterocycles. The Kier molecular flexibility index (Phi) is 4.94. The molecule has 1 aromatic heterocycles. The van der Waals surface area contributed by atoms with Crippen molar-refractivity contribution in [1.29, 1.82) is 0 Å². The van der Waals surface area contributed by atoms with Gasteiger partial charge in [-0.25, -0.2) is 8.42 Å². The summed E-state index contributed by atoms with van der Waals surface area (Å²) in [5.41, 5.74) is 0.638. The molecule has 0 N–H and O–H groups in total. The van der Waals surface area contributed by atoms with Crippen molar-refractivity contribution in [2.75, 3.05) is 6.54 Å². The van der Waals surface area contributed by atoms with E-state index in [0.29, 0.717) is 40.8 Å². The van der Waals surface area contributed by atoms with E-state index in [1.807, 2.05) is 12.1 Å². The normalized spacial score (nSPS) is 18.1. The van der Waals surface area contributed by atoms with Gasteiger partial charge >= 0.3 is 0 Å². The van der Waals surface area contributed by atoms with Crippen molar-refractivity contribution in [3.05, 3.63) is 64.5 Å². The predicted molar refractivity (Wildman–Crippen MR) is 102 cm³/mol. The molecule has 1 aliphatic rings. The van der Waals surface area contributed by atoms with E-state index in [4.69, 9.17) is 27.7 Å². The van der Waals surface area contributed by atoms with Crippen LogP contribution in [0.2, 0.25) is 10.0 Å². The van der Waals surface area contributed by atoms with Crippen molar-refractivity contribution in [1.82, 2.24) is 14.4 Å². The van der Waals surface area contributed by atoms with E-state index >= 15 is 0 Å². The third-order valence-corrected chi connectivity index (χ3v) is 6.97. The standard InChI is InChI=1S/C18H15Cl2N3O3S/c19-12-7-9-13(10-8-12)27(24,25)23-11-3-6-16(23)18-21-17(22-26-18)14-4-1-2-5-15(14)20/h1-2,4-5,7-10,16H,3,6,11H2. The van der Waals surface area contributed by atoms with Gasteiger partial charge in [0.25, 0.3) is 0 Å². The van der Waals surface area contributed by atoms with Crippen molar-refractivity contribution in [3.63, 3.8) is 0 Å². The molecule has 1 saturated heterocycles. The topological polar surface area (TPSA) is 76.3 Å². The molecule has 1 unspecified atom stereocenters. The van der Waals surface area contributed by atoms with Crippen molar-refractivity contribution in [2.24, 2.45) is 0 Å². The number of hydrogen-bond acceptors (Lipinski definition) is 5. The van der Waals surface area contributed by atoms with Crippen LogP contribution in [-0.2, 0) is 10.0 Å². The summed E-state index contributed by atoms with van der Waals surface area (Å²) in [6.07, 6.45) is 1.32. The number of rotatable bonds is 4. The van der Waals surface area contributed by atoms with Crippen LogP contribution in [0, 0.1) is 0 Å². The highest BCUT2D eigenvalue weighted by atomic mass is 35.5. The summed E-state index contributed by atoms with van der Waals surface area (Å²) < 4.78 is 32.9. The first-order valence-electron chi connectivity index (χ1n) is 8.33. The van der Waals surface area contributed by atoms with Gasteiger partial charge < -0.3 is 4.52 Å². The monoisotopic (exact) mass is 423 g/mol. The van der Waals surface area contributed by atoms with Crippen LogP contribution in [0.3, 0.4) is 0 Å². The maximum absolute atomic E-state index is 13.0. The Morgan fingerprint density at radius 1 is 1.07 bits per heavy atom. The molecule has 9 heteroatoms. The summed E-state index contributed by atoms with van der Waals surface area (Å²) in [5, 5.41) is 4.96. The zero-order valence-electron chi connectivity index (χ0n) is 14.0. The third-order valence-electron chi connectivity index (χ3n) is 4.47. The second kappa shape index (κ2) is 7.24. The average Bonchev–Trinajstić information content (AvgIpc) is 3.32. The summed E-state index contributed by atoms with van der Waals surface area (Å²) >= 11 is 12.1. The van der Waals surface area contributed by atoms with Crippen molar-refractivity contribution < 1.29 is 12.9 Å². The van der Waals surface area contributed by atoms with E-state index in [1.165, 1.54) is 16.4 Å². The summed E-state index contributed by atoms with van der Waals surface area (Å²) in [4.78, 5) is 4.59. The first-order valence-corrected chi connectivity index (χ1v) is 10.5. The lowest BCUT2D eigenvalue weighted by molar-refractivity contribution is 0.290. The SMILES string of the molecule is O=S(=O)(c1ccc(Cl)cc1)N1CCCC1c1nc(-c2ccccc2Cl)no1. The molecule has 0 aliphatic carbocycles. The second-order valence-electron chi connectivity index (χ2n) is 6.16. The van der Waals surface area contributed by atoms with Crippen molar-refractivity contribution in [2.45, 2.75) is 23.8 Å². The molecule has 0 spiro atoms. The molecule has 3 aromatic rings. The van der Waals surface area contributed by atoms with Crippen LogP contribution in [0.1, 0.15) is 24.8 Å². The number of aromatic nitrogens is 2. The van der Waals surface area contributed by atoms with Gasteiger partial charge in [-0.15, -0.1) is 0 Å². The Hall–Kier alpha value is -1.93. The lowest BCUT2D eigenvalue weighted by atomic mass is 10.2. The van der Waals surface area contributed by atoms with Gasteiger partial charge in [0.05, 0.1) is 9.92 Å². The molecule has 1 aliphatic heterocycles. The van der Waals surface area contributed by atoms with Crippen LogP contribution >= 0.6 is 23.2 Å². The van der Waals surface area contributed by atoms with Crippen LogP contribution in [-0.4, -0.2) is 29.4 Å². The van der Waals surface area contributed by atoms with E-state index in [9.17, 15) is 8.42 Å². The van der Waals surface area contributed by atoms with Gasteiger partial charge in [0.1, 0.15) is 6.04 Å². The number of benzene rings is 2. The number of hydrogen-bond donors (Lipinski definition) is 0. The summed E-state index contributed by atoms with van der Waals surface area (Å²) in [6, 6.07) is 12.8. The first kappa shape index (κ1) is 18.4. The average molecular weight is 424 g/mol. The fourth-order valence-corrected chi connectivity index (χ4v) is 5.14.